The molecule has 0 atom stereocenters. The van der Waals surface area contributed by atoms with Gasteiger partial charge in [-0.15, -0.1) is 0 Å². The molecule has 1 N–H and O–H groups in total. The highest BCUT2D eigenvalue weighted by Gasteiger charge is 2.27. The van der Waals surface area contributed by atoms with Gasteiger partial charge in [-0.25, -0.2) is 8.42 Å². The third kappa shape index (κ3) is 7.00. The topological polar surface area (TPSA) is 75.7 Å². The maximum Gasteiger partial charge on any atom is 0.264 e. The molecule has 0 saturated heterocycles. The molecule has 0 aliphatic rings. The molecule has 8 heteroatoms. The van der Waals surface area contributed by atoms with E-state index in [9.17, 15) is 13.2 Å². The lowest BCUT2D eigenvalue weighted by Gasteiger charge is -2.24. The molecule has 33 heavy (non-hydrogen) atoms. The minimum absolute atomic E-state index is 0.120. The van der Waals surface area contributed by atoms with Crippen molar-refractivity contribution in [3.8, 4) is 5.75 Å². The summed E-state index contributed by atoms with van der Waals surface area (Å²) >= 11 is 1.71. The summed E-state index contributed by atoms with van der Waals surface area (Å²) in [5.74, 6) is 1.72. The Hall–Kier alpha value is -2.97. The molecule has 6 nitrogen and oxygen atoms in total. The highest BCUT2D eigenvalue weighted by Crippen LogP contribution is 2.26. The number of sulfonamides is 1. The summed E-state index contributed by atoms with van der Waals surface area (Å²) in [5.41, 5.74) is 2.82. The lowest BCUT2D eigenvalue weighted by atomic mass is 10.2. The molecular weight excluding hydrogens is 456 g/mol. The van der Waals surface area contributed by atoms with Crippen LogP contribution in [0.15, 0.2) is 83.8 Å². The van der Waals surface area contributed by atoms with Crippen LogP contribution in [0, 0.1) is 6.92 Å². The summed E-state index contributed by atoms with van der Waals surface area (Å²) in [7, 11) is -2.43. The summed E-state index contributed by atoms with van der Waals surface area (Å²) in [5, 5.41) is 2.83. The Balaban J connectivity index is 1.64. The zero-order valence-electron chi connectivity index (χ0n) is 18.7. The minimum atomic E-state index is -3.94. The molecule has 0 bridgehead atoms. The highest BCUT2D eigenvalue weighted by atomic mass is 32.2. The van der Waals surface area contributed by atoms with Crippen molar-refractivity contribution < 1.29 is 17.9 Å². The van der Waals surface area contributed by atoms with Crippen molar-refractivity contribution in [2.24, 2.45) is 0 Å². The first-order valence-electron chi connectivity index (χ1n) is 10.5. The van der Waals surface area contributed by atoms with E-state index in [4.69, 9.17) is 4.74 Å². The SMILES string of the molecule is COc1cccc(N(CC(=O)NCCSCc2ccc(C)cc2)S(=O)(=O)c2ccccc2)c1. The average Bonchev–Trinajstić information content (AvgIpc) is 2.84. The molecular formula is C25H28N2O4S2. The van der Waals surface area contributed by atoms with E-state index in [-0.39, 0.29) is 17.3 Å². The van der Waals surface area contributed by atoms with Crippen LogP contribution in [0.3, 0.4) is 0 Å². The zero-order chi connectivity index (χ0) is 23.7. The first kappa shape index (κ1) is 24.7. The Morgan fingerprint density at radius 1 is 1.00 bits per heavy atom. The van der Waals surface area contributed by atoms with E-state index >= 15 is 0 Å². The number of methoxy groups -OCH3 is 1. The van der Waals surface area contributed by atoms with E-state index in [1.165, 1.54) is 30.4 Å². The monoisotopic (exact) mass is 484 g/mol. The van der Waals surface area contributed by atoms with E-state index in [2.05, 4.69) is 36.5 Å². The number of carbonyl (C=O) groups excluding carboxylic acids is 1. The Kier molecular flexibility index (Phi) is 8.79. The molecule has 0 fully saturated rings. The van der Waals surface area contributed by atoms with Crippen LogP contribution in [0.4, 0.5) is 5.69 Å². The van der Waals surface area contributed by atoms with Gasteiger partial charge in [0.05, 0.1) is 17.7 Å². The second kappa shape index (κ2) is 11.8. The standard InChI is InChI=1S/C25H28N2O4S2/c1-20-11-13-21(14-12-20)19-32-16-15-26-25(28)18-27(22-7-6-8-23(17-22)31-2)33(29,30)24-9-4-3-5-10-24/h3-14,17H,15-16,18-19H2,1-2H3,(H,26,28). The number of carbonyl (C=O) groups is 1. The van der Waals surface area contributed by atoms with Crippen LogP contribution in [0.1, 0.15) is 11.1 Å². The first-order valence-corrected chi connectivity index (χ1v) is 13.1. The Morgan fingerprint density at radius 2 is 1.73 bits per heavy atom. The fourth-order valence-electron chi connectivity index (χ4n) is 3.12. The number of hydrogen-bond donors (Lipinski definition) is 1. The summed E-state index contributed by atoms with van der Waals surface area (Å²) < 4.78 is 33.0. The van der Waals surface area contributed by atoms with Crippen molar-refractivity contribution in [2.45, 2.75) is 17.6 Å². The van der Waals surface area contributed by atoms with Crippen LogP contribution in [0.2, 0.25) is 0 Å². The van der Waals surface area contributed by atoms with Crippen LogP contribution in [0.5, 0.6) is 5.75 Å². The van der Waals surface area contributed by atoms with E-state index in [1.54, 1.807) is 54.2 Å². The predicted molar refractivity (Wildman–Crippen MR) is 134 cm³/mol. The molecule has 0 saturated carbocycles. The van der Waals surface area contributed by atoms with E-state index in [0.717, 1.165) is 15.8 Å². The van der Waals surface area contributed by atoms with Crippen molar-refractivity contribution in [2.75, 3.05) is 30.3 Å². The fraction of sp³-hybridized carbons (Fsp3) is 0.240. The minimum Gasteiger partial charge on any atom is -0.497 e. The van der Waals surface area contributed by atoms with Crippen molar-refractivity contribution in [3.05, 3.63) is 90.0 Å². The highest BCUT2D eigenvalue weighted by molar-refractivity contribution is 7.98. The van der Waals surface area contributed by atoms with Crippen molar-refractivity contribution in [1.82, 2.24) is 5.32 Å². The third-order valence-corrected chi connectivity index (χ3v) is 7.74. The van der Waals surface area contributed by atoms with E-state index in [1.807, 2.05) is 0 Å². The number of rotatable bonds is 11. The van der Waals surface area contributed by atoms with Gasteiger partial charge in [-0.05, 0) is 36.8 Å². The van der Waals surface area contributed by atoms with Crippen LogP contribution < -0.4 is 14.4 Å². The van der Waals surface area contributed by atoms with E-state index in [0.29, 0.717) is 18.0 Å². The van der Waals surface area contributed by atoms with Crippen LogP contribution >= 0.6 is 11.8 Å². The second-order valence-electron chi connectivity index (χ2n) is 7.41. The number of thioether (sulfide) groups is 1. The van der Waals surface area contributed by atoms with Gasteiger partial charge in [0.2, 0.25) is 5.91 Å². The third-order valence-electron chi connectivity index (χ3n) is 4.92. The van der Waals surface area contributed by atoms with Gasteiger partial charge >= 0.3 is 0 Å². The maximum atomic E-state index is 13.3. The largest absolute Gasteiger partial charge is 0.497 e. The van der Waals surface area contributed by atoms with Gasteiger partial charge in [0, 0.05) is 24.1 Å². The predicted octanol–water partition coefficient (Wildman–Crippen LogP) is 4.25. The molecule has 0 aromatic heterocycles. The van der Waals surface area contributed by atoms with Gasteiger partial charge in [0.15, 0.2) is 0 Å². The summed E-state index contributed by atoms with van der Waals surface area (Å²) in [4.78, 5) is 12.8. The van der Waals surface area contributed by atoms with Gasteiger partial charge in [-0.2, -0.15) is 11.8 Å². The molecule has 0 unspecified atom stereocenters. The van der Waals surface area contributed by atoms with Gasteiger partial charge in [-0.1, -0.05) is 54.1 Å². The lowest BCUT2D eigenvalue weighted by molar-refractivity contribution is -0.119. The number of hydrogen-bond acceptors (Lipinski definition) is 5. The molecule has 0 heterocycles. The summed E-state index contributed by atoms with van der Waals surface area (Å²) in [6.45, 7) is 2.18. The Bertz CT molecular complexity index is 1150. The summed E-state index contributed by atoms with van der Waals surface area (Å²) in [6, 6.07) is 23.1. The zero-order valence-corrected chi connectivity index (χ0v) is 20.4. The van der Waals surface area contributed by atoms with Gasteiger partial charge in [0.25, 0.3) is 10.0 Å². The van der Waals surface area contributed by atoms with Crippen LogP contribution in [-0.2, 0) is 20.6 Å². The number of nitrogens with zero attached hydrogens (tertiary/aromatic N) is 1. The fourth-order valence-corrected chi connectivity index (χ4v) is 5.38. The molecule has 0 spiro atoms. The average molecular weight is 485 g/mol. The molecule has 3 aromatic carbocycles. The maximum absolute atomic E-state index is 13.3. The molecule has 0 aliphatic carbocycles. The summed E-state index contributed by atoms with van der Waals surface area (Å²) in [6.07, 6.45) is 0. The van der Waals surface area contributed by atoms with Crippen molar-refractivity contribution >= 4 is 33.4 Å². The van der Waals surface area contributed by atoms with Crippen LogP contribution in [-0.4, -0.2) is 40.3 Å². The van der Waals surface area contributed by atoms with Gasteiger partial charge in [-0.3, -0.25) is 9.10 Å². The van der Waals surface area contributed by atoms with Crippen molar-refractivity contribution in [1.29, 1.82) is 0 Å². The first-order chi connectivity index (χ1) is 15.9. The number of amides is 1. The van der Waals surface area contributed by atoms with E-state index < -0.39 is 10.0 Å². The molecule has 3 rings (SSSR count). The molecule has 0 radical (unpaired) electrons. The number of benzene rings is 3. The van der Waals surface area contributed by atoms with Gasteiger partial charge in [0.1, 0.15) is 12.3 Å². The van der Waals surface area contributed by atoms with Crippen molar-refractivity contribution in [3.63, 3.8) is 0 Å². The normalized spacial score (nSPS) is 11.1. The molecule has 1 amide bonds. The number of nitrogens with one attached hydrogen (secondary N) is 1. The lowest BCUT2D eigenvalue weighted by Crippen LogP contribution is -2.41. The second-order valence-corrected chi connectivity index (χ2v) is 10.4. The van der Waals surface area contributed by atoms with Crippen LogP contribution in [0.25, 0.3) is 0 Å². The number of ether oxygens (including phenoxy) is 1. The smallest absolute Gasteiger partial charge is 0.264 e. The Labute approximate surface area is 200 Å². The molecule has 0 aliphatic heterocycles. The quantitative estimate of drug-likeness (QED) is 0.412. The van der Waals surface area contributed by atoms with Gasteiger partial charge < -0.3 is 10.1 Å². The Morgan fingerprint density at radius 3 is 2.42 bits per heavy atom. The molecule has 174 valence electrons. The number of anilines is 1. The molecule has 3 aromatic rings. The number of aryl methyl sites for hydroxylation is 1.